The third-order valence-corrected chi connectivity index (χ3v) is 4.45. The number of nitrogens with one attached hydrogen (secondary N) is 1. The van der Waals surface area contributed by atoms with E-state index in [4.69, 9.17) is 4.74 Å². The minimum absolute atomic E-state index is 0.210. The van der Waals surface area contributed by atoms with Gasteiger partial charge in [-0.2, -0.15) is 0 Å². The van der Waals surface area contributed by atoms with Crippen molar-refractivity contribution in [3.63, 3.8) is 0 Å². The van der Waals surface area contributed by atoms with Crippen molar-refractivity contribution in [1.82, 2.24) is 5.32 Å². The molecule has 2 aromatic carbocycles. The molecule has 2 nitrogen and oxygen atoms in total. The van der Waals surface area contributed by atoms with Crippen molar-refractivity contribution in [2.45, 2.75) is 32.9 Å². The SMILES string of the molecule is COc1ccc(C)cc1C(C)N[C@H](C)c1ccccc1Br. The lowest BCUT2D eigenvalue weighted by Gasteiger charge is -2.23. The van der Waals surface area contributed by atoms with Gasteiger partial charge in [-0.25, -0.2) is 0 Å². The summed E-state index contributed by atoms with van der Waals surface area (Å²) in [6.45, 7) is 6.45. The molecule has 0 spiro atoms. The molecular weight excluding hydrogens is 326 g/mol. The third kappa shape index (κ3) is 3.86. The van der Waals surface area contributed by atoms with Crippen LogP contribution in [0.2, 0.25) is 0 Å². The van der Waals surface area contributed by atoms with Gasteiger partial charge in [-0.15, -0.1) is 0 Å². The molecule has 0 fully saturated rings. The maximum Gasteiger partial charge on any atom is 0.123 e. The summed E-state index contributed by atoms with van der Waals surface area (Å²) in [5, 5.41) is 3.65. The second-order valence-electron chi connectivity index (χ2n) is 5.38. The van der Waals surface area contributed by atoms with Crippen LogP contribution >= 0.6 is 15.9 Å². The molecule has 0 amide bonds. The molecule has 1 N–H and O–H groups in total. The van der Waals surface area contributed by atoms with Gasteiger partial charge in [0.05, 0.1) is 7.11 Å². The Labute approximate surface area is 135 Å². The molecule has 1 unspecified atom stereocenters. The zero-order chi connectivity index (χ0) is 15.4. The van der Waals surface area contributed by atoms with Gasteiger partial charge in [0.2, 0.25) is 0 Å². The van der Waals surface area contributed by atoms with Crippen LogP contribution in [-0.2, 0) is 0 Å². The molecule has 2 atom stereocenters. The van der Waals surface area contributed by atoms with E-state index in [1.54, 1.807) is 7.11 Å². The summed E-state index contributed by atoms with van der Waals surface area (Å²) in [4.78, 5) is 0. The van der Waals surface area contributed by atoms with Crippen LogP contribution in [0.5, 0.6) is 5.75 Å². The quantitative estimate of drug-likeness (QED) is 0.804. The summed E-state index contributed by atoms with van der Waals surface area (Å²) in [7, 11) is 1.72. The number of rotatable bonds is 5. The molecule has 2 aromatic rings. The minimum Gasteiger partial charge on any atom is -0.496 e. The van der Waals surface area contributed by atoms with E-state index >= 15 is 0 Å². The van der Waals surface area contributed by atoms with Gasteiger partial charge < -0.3 is 10.1 Å². The summed E-state index contributed by atoms with van der Waals surface area (Å²) in [5.74, 6) is 0.930. The summed E-state index contributed by atoms with van der Waals surface area (Å²) in [6.07, 6.45) is 0. The predicted molar refractivity (Wildman–Crippen MR) is 91.8 cm³/mol. The number of hydrogen-bond acceptors (Lipinski definition) is 2. The molecule has 21 heavy (non-hydrogen) atoms. The predicted octanol–water partition coefficient (Wildman–Crippen LogP) is 5.18. The number of aryl methyl sites for hydroxylation is 1. The number of halogens is 1. The standard InChI is InChI=1S/C18H22BrNO/c1-12-9-10-18(21-4)16(11-12)14(3)20-13(2)15-7-5-6-8-17(15)19/h5-11,13-14,20H,1-4H3/t13-,14?/m1/s1. The Morgan fingerprint density at radius 1 is 1.00 bits per heavy atom. The minimum atomic E-state index is 0.210. The van der Waals surface area contributed by atoms with Crippen LogP contribution < -0.4 is 10.1 Å². The maximum atomic E-state index is 5.48. The van der Waals surface area contributed by atoms with Crippen molar-refractivity contribution in [2.24, 2.45) is 0 Å². The topological polar surface area (TPSA) is 21.3 Å². The number of methoxy groups -OCH3 is 1. The molecule has 0 aromatic heterocycles. The summed E-state index contributed by atoms with van der Waals surface area (Å²) in [6, 6.07) is 15.1. The Kier molecular flexibility index (Phi) is 5.43. The van der Waals surface area contributed by atoms with Crippen LogP contribution in [-0.4, -0.2) is 7.11 Å². The highest BCUT2D eigenvalue weighted by molar-refractivity contribution is 9.10. The summed E-state index contributed by atoms with van der Waals surface area (Å²) in [5.41, 5.74) is 3.69. The fourth-order valence-electron chi connectivity index (χ4n) is 2.57. The second kappa shape index (κ2) is 7.10. The van der Waals surface area contributed by atoms with E-state index in [1.165, 1.54) is 16.7 Å². The van der Waals surface area contributed by atoms with Crippen molar-refractivity contribution >= 4 is 15.9 Å². The van der Waals surface area contributed by atoms with E-state index in [0.717, 1.165) is 10.2 Å². The lowest BCUT2D eigenvalue weighted by molar-refractivity contribution is 0.396. The number of benzene rings is 2. The molecule has 0 aliphatic heterocycles. The van der Waals surface area contributed by atoms with Crippen molar-refractivity contribution in [3.05, 3.63) is 63.6 Å². The van der Waals surface area contributed by atoms with Gasteiger partial charge in [0.25, 0.3) is 0 Å². The van der Waals surface area contributed by atoms with Gasteiger partial charge in [0.1, 0.15) is 5.75 Å². The Bertz CT molecular complexity index is 612. The maximum absolute atomic E-state index is 5.48. The highest BCUT2D eigenvalue weighted by Crippen LogP contribution is 2.29. The van der Waals surface area contributed by atoms with E-state index < -0.39 is 0 Å². The molecule has 0 radical (unpaired) electrons. The van der Waals surface area contributed by atoms with Gasteiger partial charge in [-0.1, -0.05) is 51.8 Å². The largest absolute Gasteiger partial charge is 0.496 e. The monoisotopic (exact) mass is 347 g/mol. The second-order valence-corrected chi connectivity index (χ2v) is 6.23. The van der Waals surface area contributed by atoms with Crippen LogP contribution in [0, 0.1) is 6.92 Å². The van der Waals surface area contributed by atoms with Crippen LogP contribution in [0.4, 0.5) is 0 Å². The number of hydrogen-bond donors (Lipinski definition) is 1. The van der Waals surface area contributed by atoms with E-state index in [-0.39, 0.29) is 12.1 Å². The van der Waals surface area contributed by atoms with Crippen molar-refractivity contribution < 1.29 is 4.74 Å². The van der Waals surface area contributed by atoms with Crippen molar-refractivity contribution in [2.75, 3.05) is 7.11 Å². The Morgan fingerprint density at radius 2 is 1.67 bits per heavy atom. The normalized spacial score (nSPS) is 13.8. The van der Waals surface area contributed by atoms with E-state index in [9.17, 15) is 0 Å². The molecular formula is C18H22BrNO. The molecule has 0 heterocycles. The fraction of sp³-hybridized carbons (Fsp3) is 0.333. The Morgan fingerprint density at radius 3 is 2.33 bits per heavy atom. The summed E-state index contributed by atoms with van der Waals surface area (Å²) >= 11 is 3.62. The molecule has 2 rings (SSSR count). The van der Waals surface area contributed by atoms with Crippen LogP contribution in [0.15, 0.2) is 46.9 Å². The molecule has 0 aliphatic rings. The van der Waals surface area contributed by atoms with Crippen LogP contribution in [0.1, 0.15) is 42.6 Å². The highest BCUT2D eigenvalue weighted by Gasteiger charge is 2.16. The Hall–Kier alpha value is -1.32. The average molecular weight is 348 g/mol. The van der Waals surface area contributed by atoms with Crippen molar-refractivity contribution in [3.8, 4) is 5.75 Å². The summed E-state index contributed by atoms with van der Waals surface area (Å²) < 4.78 is 6.62. The van der Waals surface area contributed by atoms with E-state index in [0.29, 0.717) is 0 Å². The molecule has 0 saturated heterocycles. The van der Waals surface area contributed by atoms with E-state index in [2.05, 4.69) is 72.3 Å². The first kappa shape index (κ1) is 16.1. The zero-order valence-electron chi connectivity index (χ0n) is 13.0. The fourth-order valence-corrected chi connectivity index (χ4v) is 3.20. The first-order chi connectivity index (χ1) is 10.0. The molecule has 112 valence electrons. The lowest BCUT2D eigenvalue weighted by Crippen LogP contribution is -2.23. The van der Waals surface area contributed by atoms with Crippen LogP contribution in [0.3, 0.4) is 0 Å². The average Bonchev–Trinajstić information content (AvgIpc) is 2.47. The van der Waals surface area contributed by atoms with Crippen molar-refractivity contribution in [1.29, 1.82) is 0 Å². The van der Waals surface area contributed by atoms with Gasteiger partial charge in [0.15, 0.2) is 0 Å². The first-order valence-corrected chi connectivity index (χ1v) is 7.97. The first-order valence-electron chi connectivity index (χ1n) is 7.18. The third-order valence-electron chi connectivity index (χ3n) is 3.72. The van der Waals surface area contributed by atoms with Gasteiger partial charge >= 0.3 is 0 Å². The van der Waals surface area contributed by atoms with Gasteiger partial charge in [0, 0.05) is 22.1 Å². The highest BCUT2D eigenvalue weighted by atomic mass is 79.9. The molecule has 0 bridgehead atoms. The lowest BCUT2D eigenvalue weighted by atomic mass is 10.0. The zero-order valence-corrected chi connectivity index (χ0v) is 14.6. The number of ether oxygens (including phenoxy) is 1. The van der Waals surface area contributed by atoms with Gasteiger partial charge in [-0.05, 0) is 38.5 Å². The van der Waals surface area contributed by atoms with Crippen LogP contribution in [0.25, 0.3) is 0 Å². The van der Waals surface area contributed by atoms with Gasteiger partial charge in [-0.3, -0.25) is 0 Å². The van der Waals surface area contributed by atoms with E-state index in [1.807, 2.05) is 12.1 Å². The smallest absolute Gasteiger partial charge is 0.123 e. The molecule has 0 saturated carbocycles. The molecule has 0 aliphatic carbocycles. The molecule has 3 heteroatoms. The Balaban J connectivity index is 2.20.